The highest BCUT2D eigenvalue weighted by Crippen LogP contribution is 2.38. The topological polar surface area (TPSA) is 91.6 Å². The first-order chi connectivity index (χ1) is 15.4. The molecule has 0 aliphatic rings. The van der Waals surface area contributed by atoms with E-state index in [1.165, 1.54) is 37.5 Å². The van der Waals surface area contributed by atoms with Crippen LogP contribution in [0.3, 0.4) is 0 Å². The molecule has 0 aliphatic heterocycles. The number of nitrogens with one attached hydrogen (secondary N) is 1. The Hall–Kier alpha value is -3.47. The van der Waals surface area contributed by atoms with E-state index in [-0.39, 0.29) is 17.9 Å². The highest BCUT2D eigenvalue weighted by molar-refractivity contribution is 9.10. The van der Waals surface area contributed by atoms with E-state index >= 15 is 0 Å². The van der Waals surface area contributed by atoms with Crippen LogP contribution in [0.5, 0.6) is 17.2 Å². The van der Waals surface area contributed by atoms with Crippen LogP contribution in [0.1, 0.15) is 11.1 Å². The highest BCUT2D eigenvalue weighted by Gasteiger charge is 2.14. The molecule has 0 aliphatic carbocycles. The molecule has 0 atom stereocenters. The van der Waals surface area contributed by atoms with Crippen LogP contribution in [-0.2, 0) is 11.4 Å². The molecule has 0 bridgehead atoms. The van der Waals surface area contributed by atoms with Gasteiger partial charge in [-0.3, -0.25) is 4.79 Å². The first-order valence-corrected chi connectivity index (χ1v) is 10.5. The number of carbonyl (C=O) groups excluding carboxylic acids is 1. The van der Waals surface area contributed by atoms with Gasteiger partial charge in [-0.2, -0.15) is 5.26 Å². The second-order valence-electron chi connectivity index (χ2n) is 6.62. The summed E-state index contributed by atoms with van der Waals surface area (Å²) in [5.41, 5.74) is 1.83. The summed E-state index contributed by atoms with van der Waals surface area (Å²) in [6, 6.07) is 18.6. The number of methoxy groups -OCH3 is 1. The van der Waals surface area contributed by atoms with E-state index in [9.17, 15) is 15.2 Å². The van der Waals surface area contributed by atoms with Crippen LogP contribution in [0.2, 0.25) is 5.02 Å². The summed E-state index contributed by atoms with van der Waals surface area (Å²) < 4.78 is 11.9. The molecule has 3 aromatic carbocycles. The third kappa shape index (κ3) is 6.03. The number of ether oxygens (including phenoxy) is 2. The molecular weight excluding hydrogens is 496 g/mol. The summed E-state index contributed by atoms with van der Waals surface area (Å²) >= 11 is 9.49. The Labute approximate surface area is 198 Å². The molecule has 32 heavy (non-hydrogen) atoms. The number of nitrogens with zero attached hydrogens (tertiary/aromatic N) is 1. The van der Waals surface area contributed by atoms with E-state index in [2.05, 4.69) is 21.2 Å². The standard InChI is InChI=1S/C24H18BrClN2O4/c1-31-22-12-16(9-17(13-27)24(30)28-19-5-7-20(29)8-6-19)11-21(25)23(22)32-14-15-3-2-4-18(26)10-15/h2-12,29H,14H2,1H3,(H,28,30)/b17-9+. The lowest BCUT2D eigenvalue weighted by atomic mass is 10.1. The SMILES string of the molecule is COc1cc(/C=C(\C#N)C(=O)Nc2ccc(O)cc2)cc(Br)c1OCc1cccc(Cl)c1. The molecule has 2 N–H and O–H groups in total. The maximum absolute atomic E-state index is 12.5. The van der Waals surface area contributed by atoms with Crippen LogP contribution in [-0.4, -0.2) is 18.1 Å². The fourth-order valence-corrected chi connectivity index (χ4v) is 3.59. The van der Waals surface area contributed by atoms with Gasteiger partial charge in [0.05, 0.1) is 11.6 Å². The second kappa shape index (κ2) is 10.7. The van der Waals surface area contributed by atoms with Gasteiger partial charge < -0.3 is 19.9 Å². The third-order valence-corrected chi connectivity index (χ3v) is 5.15. The average molecular weight is 514 g/mol. The van der Waals surface area contributed by atoms with Crippen molar-refractivity contribution in [2.45, 2.75) is 6.61 Å². The minimum Gasteiger partial charge on any atom is -0.508 e. The van der Waals surface area contributed by atoms with Crippen molar-refractivity contribution in [3.05, 3.63) is 86.9 Å². The van der Waals surface area contributed by atoms with Gasteiger partial charge in [-0.15, -0.1) is 0 Å². The fourth-order valence-electron chi connectivity index (χ4n) is 2.80. The number of nitriles is 1. The monoisotopic (exact) mass is 512 g/mol. The number of amides is 1. The largest absolute Gasteiger partial charge is 0.508 e. The zero-order valence-electron chi connectivity index (χ0n) is 16.9. The molecule has 0 radical (unpaired) electrons. The van der Waals surface area contributed by atoms with Gasteiger partial charge in [0.25, 0.3) is 5.91 Å². The zero-order chi connectivity index (χ0) is 23.1. The predicted octanol–water partition coefficient (Wildman–Crippen LogP) is 5.94. The van der Waals surface area contributed by atoms with Crippen molar-refractivity contribution in [1.82, 2.24) is 0 Å². The van der Waals surface area contributed by atoms with E-state index in [1.807, 2.05) is 24.3 Å². The van der Waals surface area contributed by atoms with E-state index in [1.54, 1.807) is 18.2 Å². The number of anilines is 1. The van der Waals surface area contributed by atoms with Gasteiger partial charge in [0.2, 0.25) is 0 Å². The van der Waals surface area contributed by atoms with E-state index in [0.717, 1.165) is 5.56 Å². The molecule has 0 saturated heterocycles. The molecule has 8 heteroatoms. The van der Waals surface area contributed by atoms with Crippen LogP contribution in [0.4, 0.5) is 5.69 Å². The van der Waals surface area contributed by atoms with Gasteiger partial charge in [0, 0.05) is 10.7 Å². The summed E-state index contributed by atoms with van der Waals surface area (Å²) in [6.45, 7) is 0.281. The molecule has 3 rings (SSSR count). The van der Waals surface area contributed by atoms with Crippen LogP contribution >= 0.6 is 27.5 Å². The Bertz CT molecular complexity index is 1200. The van der Waals surface area contributed by atoms with Crippen molar-refractivity contribution in [3.63, 3.8) is 0 Å². The molecule has 162 valence electrons. The Morgan fingerprint density at radius 2 is 1.97 bits per heavy atom. The normalized spacial score (nSPS) is 10.9. The summed E-state index contributed by atoms with van der Waals surface area (Å²) in [5, 5.41) is 22.0. The van der Waals surface area contributed by atoms with Crippen molar-refractivity contribution >= 4 is 45.2 Å². The number of hydrogen-bond donors (Lipinski definition) is 2. The number of aromatic hydroxyl groups is 1. The molecule has 0 spiro atoms. The van der Waals surface area contributed by atoms with Crippen LogP contribution in [0, 0.1) is 11.3 Å². The van der Waals surface area contributed by atoms with Gasteiger partial charge in [-0.1, -0.05) is 23.7 Å². The first kappa shape index (κ1) is 23.2. The number of benzene rings is 3. The maximum Gasteiger partial charge on any atom is 0.266 e. The van der Waals surface area contributed by atoms with Crippen molar-refractivity contribution < 1.29 is 19.4 Å². The van der Waals surface area contributed by atoms with Gasteiger partial charge in [0.1, 0.15) is 24.0 Å². The predicted molar refractivity (Wildman–Crippen MR) is 127 cm³/mol. The lowest BCUT2D eigenvalue weighted by Crippen LogP contribution is -2.13. The third-order valence-electron chi connectivity index (χ3n) is 4.33. The molecule has 6 nitrogen and oxygen atoms in total. The number of carbonyl (C=O) groups is 1. The Morgan fingerprint density at radius 3 is 2.62 bits per heavy atom. The van der Waals surface area contributed by atoms with Crippen molar-refractivity contribution in [1.29, 1.82) is 5.26 Å². The van der Waals surface area contributed by atoms with Crippen LogP contribution < -0.4 is 14.8 Å². The zero-order valence-corrected chi connectivity index (χ0v) is 19.3. The molecule has 0 heterocycles. The average Bonchev–Trinajstić information content (AvgIpc) is 2.77. The van der Waals surface area contributed by atoms with E-state index in [0.29, 0.717) is 32.2 Å². The summed E-state index contributed by atoms with van der Waals surface area (Å²) in [5.74, 6) is 0.420. The molecule has 0 aromatic heterocycles. The lowest BCUT2D eigenvalue weighted by Gasteiger charge is -2.14. The summed E-state index contributed by atoms with van der Waals surface area (Å²) in [7, 11) is 1.50. The van der Waals surface area contributed by atoms with Crippen LogP contribution in [0.15, 0.2) is 70.7 Å². The Morgan fingerprint density at radius 1 is 1.22 bits per heavy atom. The van der Waals surface area contributed by atoms with Crippen LogP contribution in [0.25, 0.3) is 6.08 Å². The lowest BCUT2D eigenvalue weighted by molar-refractivity contribution is -0.112. The molecule has 0 unspecified atom stereocenters. The quantitative estimate of drug-likeness (QED) is 0.232. The van der Waals surface area contributed by atoms with Crippen molar-refractivity contribution in [3.8, 4) is 23.3 Å². The van der Waals surface area contributed by atoms with E-state index in [4.69, 9.17) is 21.1 Å². The molecular formula is C24H18BrClN2O4. The Kier molecular flexibility index (Phi) is 7.77. The summed E-state index contributed by atoms with van der Waals surface area (Å²) in [6.07, 6.45) is 1.45. The van der Waals surface area contributed by atoms with Gasteiger partial charge in [0.15, 0.2) is 11.5 Å². The number of halogens is 2. The number of rotatable bonds is 7. The minimum absolute atomic E-state index is 0.0775. The minimum atomic E-state index is -0.574. The number of hydrogen-bond acceptors (Lipinski definition) is 5. The van der Waals surface area contributed by atoms with Gasteiger partial charge in [-0.05, 0) is 81.7 Å². The highest BCUT2D eigenvalue weighted by atomic mass is 79.9. The molecule has 3 aromatic rings. The molecule has 0 saturated carbocycles. The van der Waals surface area contributed by atoms with Gasteiger partial charge in [-0.25, -0.2) is 0 Å². The first-order valence-electron chi connectivity index (χ1n) is 9.36. The van der Waals surface area contributed by atoms with Crippen molar-refractivity contribution in [2.24, 2.45) is 0 Å². The van der Waals surface area contributed by atoms with Gasteiger partial charge >= 0.3 is 0 Å². The van der Waals surface area contributed by atoms with E-state index < -0.39 is 5.91 Å². The molecule has 0 fully saturated rings. The second-order valence-corrected chi connectivity index (χ2v) is 7.91. The number of phenols is 1. The van der Waals surface area contributed by atoms with Crippen molar-refractivity contribution in [2.75, 3.05) is 12.4 Å². The smallest absolute Gasteiger partial charge is 0.266 e. The summed E-state index contributed by atoms with van der Waals surface area (Å²) in [4.78, 5) is 12.5. The Balaban J connectivity index is 1.81. The maximum atomic E-state index is 12.5. The molecule has 1 amide bonds. The fraction of sp³-hybridized carbons (Fsp3) is 0.0833. The number of phenolic OH excluding ortho intramolecular Hbond substituents is 1.